The molecule has 2 aromatic rings. The van der Waals surface area contributed by atoms with Crippen molar-refractivity contribution in [3.05, 3.63) is 65.2 Å². The van der Waals surface area contributed by atoms with Gasteiger partial charge in [0.1, 0.15) is 5.76 Å². The third-order valence-electron chi connectivity index (χ3n) is 4.79. The smallest absolute Gasteiger partial charge is 0.210 e. The van der Waals surface area contributed by atoms with Gasteiger partial charge in [0.25, 0.3) is 0 Å². The minimum Gasteiger partial charge on any atom is -0.478 e. The van der Waals surface area contributed by atoms with Gasteiger partial charge in [0.05, 0.1) is 10.5 Å². The minimum atomic E-state index is -3.28. The summed E-state index contributed by atoms with van der Waals surface area (Å²) in [5.74, 6) is 0.456. The zero-order valence-corrected chi connectivity index (χ0v) is 16.2. The van der Waals surface area contributed by atoms with Crippen LogP contribution >= 0.6 is 0 Å². The number of benzene rings is 2. The van der Waals surface area contributed by atoms with Gasteiger partial charge < -0.3 is 4.74 Å². The Kier molecular flexibility index (Phi) is 4.53. The van der Waals surface area contributed by atoms with E-state index in [1.54, 1.807) is 31.2 Å². The van der Waals surface area contributed by atoms with Crippen LogP contribution < -0.4 is 0 Å². The Balaban J connectivity index is 2.18. The summed E-state index contributed by atoms with van der Waals surface area (Å²) in [6, 6.07) is 14.2. The zero-order chi connectivity index (χ0) is 19.1. The van der Waals surface area contributed by atoms with Gasteiger partial charge in [-0.1, -0.05) is 36.8 Å². The maximum absolute atomic E-state index is 13.1. The predicted octanol–water partition coefficient (Wildman–Crippen LogP) is 4.03. The fraction of sp³-hybridized carbons (Fsp3) is 0.286. The van der Waals surface area contributed by atoms with Crippen molar-refractivity contribution in [3.8, 4) is 0 Å². The quantitative estimate of drug-likeness (QED) is 0.815. The molecule has 2 aromatic carbocycles. The third kappa shape index (κ3) is 3.19. The van der Waals surface area contributed by atoms with Crippen molar-refractivity contribution in [2.75, 3.05) is 6.26 Å². The van der Waals surface area contributed by atoms with Gasteiger partial charge in [-0.25, -0.2) is 8.42 Å². The molecule has 1 atom stereocenters. The molecule has 0 amide bonds. The van der Waals surface area contributed by atoms with E-state index in [-0.39, 0.29) is 10.7 Å². The number of rotatable bonds is 4. The average Bonchev–Trinajstić information content (AvgIpc) is 2.86. The van der Waals surface area contributed by atoms with Crippen molar-refractivity contribution in [2.24, 2.45) is 0 Å². The summed E-state index contributed by atoms with van der Waals surface area (Å²) in [6.45, 7) is 5.69. The molecule has 0 aliphatic carbocycles. The van der Waals surface area contributed by atoms with Crippen LogP contribution in [0.4, 0.5) is 0 Å². The highest BCUT2D eigenvalue weighted by atomic mass is 32.2. The summed E-state index contributed by atoms with van der Waals surface area (Å²) in [4.78, 5) is 13.3. The first-order valence-electron chi connectivity index (χ1n) is 8.51. The van der Waals surface area contributed by atoms with Crippen LogP contribution in [0.2, 0.25) is 0 Å². The van der Waals surface area contributed by atoms with Gasteiger partial charge >= 0.3 is 0 Å². The first-order valence-corrected chi connectivity index (χ1v) is 10.4. The molecule has 5 heteroatoms. The topological polar surface area (TPSA) is 60.4 Å². The van der Waals surface area contributed by atoms with Gasteiger partial charge in [0, 0.05) is 11.8 Å². The molecule has 136 valence electrons. The number of hydrogen-bond donors (Lipinski definition) is 0. The van der Waals surface area contributed by atoms with E-state index in [0.29, 0.717) is 23.3 Å². The SMILES string of the molecule is CCC1(C)OC(c2ccc(S(C)(=O)=O)cc2)=C(c2cccc(C)c2)C1=O. The van der Waals surface area contributed by atoms with E-state index in [2.05, 4.69) is 0 Å². The average molecular weight is 370 g/mol. The molecular formula is C21H22O4S. The van der Waals surface area contributed by atoms with Crippen molar-refractivity contribution in [1.82, 2.24) is 0 Å². The molecular weight excluding hydrogens is 348 g/mol. The highest BCUT2D eigenvalue weighted by molar-refractivity contribution is 7.90. The van der Waals surface area contributed by atoms with E-state index in [4.69, 9.17) is 4.74 Å². The molecule has 0 saturated heterocycles. The lowest BCUT2D eigenvalue weighted by Crippen LogP contribution is -2.32. The van der Waals surface area contributed by atoms with Crippen LogP contribution in [0.3, 0.4) is 0 Å². The second-order valence-electron chi connectivity index (χ2n) is 6.89. The van der Waals surface area contributed by atoms with Crippen LogP contribution in [-0.4, -0.2) is 26.1 Å². The Morgan fingerprint density at radius 2 is 1.69 bits per heavy atom. The molecule has 1 heterocycles. The fourth-order valence-electron chi connectivity index (χ4n) is 3.04. The van der Waals surface area contributed by atoms with Crippen LogP contribution in [0, 0.1) is 6.92 Å². The summed E-state index contributed by atoms with van der Waals surface area (Å²) >= 11 is 0. The van der Waals surface area contributed by atoms with Gasteiger partial charge in [-0.3, -0.25) is 4.79 Å². The lowest BCUT2D eigenvalue weighted by atomic mass is 9.89. The highest BCUT2D eigenvalue weighted by Crippen LogP contribution is 2.43. The van der Waals surface area contributed by atoms with Gasteiger partial charge in [-0.15, -0.1) is 0 Å². The first-order chi connectivity index (χ1) is 12.2. The number of carbonyl (C=O) groups excluding carboxylic acids is 1. The van der Waals surface area contributed by atoms with Crippen molar-refractivity contribution in [3.63, 3.8) is 0 Å². The predicted molar refractivity (Wildman–Crippen MR) is 102 cm³/mol. The molecule has 4 nitrogen and oxygen atoms in total. The summed E-state index contributed by atoms with van der Waals surface area (Å²) in [5, 5.41) is 0. The van der Waals surface area contributed by atoms with Crippen LogP contribution in [0.1, 0.15) is 37.0 Å². The molecule has 0 aromatic heterocycles. The molecule has 1 unspecified atom stereocenters. The first kappa shape index (κ1) is 18.4. The van der Waals surface area contributed by atoms with Gasteiger partial charge in [0.2, 0.25) is 5.78 Å². The Morgan fingerprint density at radius 3 is 2.23 bits per heavy atom. The van der Waals surface area contributed by atoms with Gasteiger partial charge in [-0.2, -0.15) is 0 Å². The Hall–Kier alpha value is -2.40. The summed E-state index contributed by atoms with van der Waals surface area (Å²) in [5.41, 5.74) is 2.20. The standard InChI is InChI=1S/C21H22O4S/c1-5-21(3)20(22)18(16-8-6-7-14(2)13-16)19(25-21)15-9-11-17(12-10-15)26(4,23)24/h6-13H,5H2,1-4H3. The van der Waals surface area contributed by atoms with E-state index in [1.807, 2.05) is 38.1 Å². The number of carbonyl (C=O) groups is 1. The van der Waals surface area contributed by atoms with Crippen molar-refractivity contribution >= 4 is 27.0 Å². The van der Waals surface area contributed by atoms with Gasteiger partial charge in [0.15, 0.2) is 15.4 Å². The molecule has 0 N–H and O–H groups in total. The molecule has 0 saturated carbocycles. The van der Waals surface area contributed by atoms with E-state index < -0.39 is 15.4 Å². The second-order valence-corrected chi connectivity index (χ2v) is 8.90. The number of Topliss-reactive ketones (excluding diaryl/α,β-unsaturated/α-hetero) is 1. The second kappa shape index (κ2) is 6.40. The maximum atomic E-state index is 13.1. The monoisotopic (exact) mass is 370 g/mol. The zero-order valence-electron chi connectivity index (χ0n) is 15.4. The molecule has 1 aliphatic rings. The summed E-state index contributed by atoms with van der Waals surface area (Å²) in [7, 11) is -3.28. The van der Waals surface area contributed by atoms with Crippen LogP contribution in [0.5, 0.6) is 0 Å². The largest absolute Gasteiger partial charge is 0.478 e. The number of aryl methyl sites for hydroxylation is 1. The molecule has 0 spiro atoms. The highest BCUT2D eigenvalue weighted by Gasteiger charge is 2.45. The molecule has 0 fully saturated rings. The van der Waals surface area contributed by atoms with Crippen molar-refractivity contribution < 1.29 is 17.9 Å². The molecule has 3 rings (SSSR count). The Labute approximate surface area is 154 Å². The van der Waals surface area contributed by atoms with E-state index >= 15 is 0 Å². The Morgan fingerprint density at radius 1 is 1.04 bits per heavy atom. The molecule has 0 radical (unpaired) electrons. The molecule has 0 bridgehead atoms. The number of ether oxygens (including phenoxy) is 1. The lowest BCUT2D eigenvalue weighted by molar-refractivity contribution is -0.126. The maximum Gasteiger partial charge on any atom is 0.210 e. The van der Waals surface area contributed by atoms with Crippen LogP contribution in [0.15, 0.2) is 53.4 Å². The fourth-order valence-corrected chi connectivity index (χ4v) is 3.67. The molecule has 1 aliphatic heterocycles. The number of ketones is 1. The number of hydrogen-bond acceptors (Lipinski definition) is 4. The number of sulfone groups is 1. The Bertz CT molecular complexity index is 1000. The van der Waals surface area contributed by atoms with Crippen molar-refractivity contribution in [2.45, 2.75) is 37.7 Å². The van der Waals surface area contributed by atoms with E-state index in [1.165, 1.54) is 6.26 Å². The third-order valence-corrected chi connectivity index (χ3v) is 5.92. The van der Waals surface area contributed by atoms with Crippen LogP contribution in [0.25, 0.3) is 11.3 Å². The summed E-state index contributed by atoms with van der Waals surface area (Å²) in [6.07, 6.45) is 1.72. The normalized spacial score (nSPS) is 20.4. The lowest BCUT2D eigenvalue weighted by Gasteiger charge is -2.21. The van der Waals surface area contributed by atoms with Crippen LogP contribution in [-0.2, 0) is 19.4 Å². The minimum absolute atomic E-state index is 0.0483. The van der Waals surface area contributed by atoms with Gasteiger partial charge in [-0.05, 0) is 50.1 Å². The van der Waals surface area contributed by atoms with E-state index in [0.717, 1.165) is 11.1 Å². The van der Waals surface area contributed by atoms with Crippen molar-refractivity contribution in [1.29, 1.82) is 0 Å². The molecule has 26 heavy (non-hydrogen) atoms. The van der Waals surface area contributed by atoms with E-state index in [9.17, 15) is 13.2 Å². The summed E-state index contributed by atoms with van der Waals surface area (Å²) < 4.78 is 29.5.